The maximum absolute atomic E-state index is 10.9. The molecule has 0 aliphatic carbocycles. The molecule has 0 unspecified atom stereocenters. The Bertz CT molecular complexity index is 597. The minimum atomic E-state index is -0.435. The molecule has 0 bridgehead atoms. The number of hydrogen-bond acceptors (Lipinski definition) is 4. The third-order valence-electron chi connectivity index (χ3n) is 2.75. The summed E-state index contributed by atoms with van der Waals surface area (Å²) in [5.41, 5.74) is 1.37. The standard InChI is InChI=1S/C12H13ClN4O2/c1-2-16-8-14-6-10(16)7-15-11-5-9(13)3-4-12(11)17(18)19/h3-6,8,15H,2,7H2,1H3. The molecule has 19 heavy (non-hydrogen) atoms. The first-order chi connectivity index (χ1) is 9.11. The second kappa shape index (κ2) is 5.71. The summed E-state index contributed by atoms with van der Waals surface area (Å²) in [6, 6.07) is 4.44. The number of nitro groups is 1. The van der Waals surface area contributed by atoms with E-state index in [9.17, 15) is 10.1 Å². The third kappa shape index (κ3) is 3.03. The number of anilines is 1. The molecular weight excluding hydrogens is 268 g/mol. The van der Waals surface area contributed by atoms with Gasteiger partial charge in [0.25, 0.3) is 5.69 Å². The number of nitro benzene ring substituents is 1. The van der Waals surface area contributed by atoms with Crippen molar-refractivity contribution in [3.8, 4) is 0 Å². The molecule has 0 aliphatic heterocycles. The second-order valence-corrected chi connectivity index (χ2v) is 4.38. The number of aromatic nitrogens is 2. The molecule has 0 saturated heterocycles. The van der Waals surface area contributed by atoms with Crippen molar-refractivity contribution in [1.29, 1.82) is 0 Å². The van der Waals surface area contributed by atoms with Crippen LogP contribution >= 0.6 is 11.6 Å². The highest BCUT2D eigenvalue weighted by molar-refractivity contribution is 6.31. The first kappa shape index (κ1) is 13.4. The lowest BCUT2D eigenvalue weighted by Crippen LogP contribution is -2.07. The van der Waals surface area contributed by atoms with Crippen LogP contribution in [-0.4, -0.2) is 14.5 Å². The molecule has 0 aliphatic rings. The molecule has 1 aromatic carbocycles. The molecule has 1 aromatic heterocycles. The average molecular weight is 281 g/mol. The smallest absolute Gasteiger partial charge is 0.292 e. The molecule has 100 valence electrons. The van der Waals surface area contributed by atoms with Gasteiger partial charge in [0.05, 0.1) is 23.5 Å². The number of aryl methyl sites for hydroxylation is 1. The van der Waals surface area contributed by atoms with Gasteiger partial charge in [-0.15, -0.1) is 0 Å². The van der Waals surface area contributed by atoms with Crippen LogP contribution < -0.4 is 5.32 Å². The van der Waals surface area contributed by atoms with Crippen molar-refractivity contribution in [3.63, 3.8) is 0 Å². The molecule has 0 atom stereocenters. The number of nitrogens with one attached hydrogen (secondary N) is 1. The summed E-state index contributed by atoms with van der Waals surface area (Å²) >= 11 is 5.86. The van der Waals surface area contributed by atoms with Crippen molar-refractivity contribution in [3.05, 3.63) is 51.6 Å². The molecule has 7 heteroatoms. The Hall–Kier alpha value is -2.08. The van der Waals surface area contributed by atoms with Crippen LogP contribution in [0.4, 0.5) is 11.4 Å². The number of nitrogens with zero attached hydrogens (tertiary/aromatic N) is 3. The fraction of sp³-hybridized carbons (Fsp3) is 0.250. The second-order valence-electron chi connectivity index (χ2n) is 3.94. The van der Waals surface area contributed by atoms with Crippen LogP contribution in [-0.2, 0) is 13.1 Å². The van der Waals surface area contributed by atoms with E-state index in [1.165, 1.54) is 12.1 Å². The first-order valence-corrected chi connectivity index (χ1v) is 6.16. The minimum Gasteiger partial charge on any atom is -0.374 e. The normalized spacial score (nSPS) is 10.4. The Morgan fingerprint density at radius 2 is 2.32 bits per heavy atom. The predicted molar refractivity (Wildman–Crippen MR) is 73.3 cm³/mol. The van der Waals surface area contributed by atoms with Crippen molar-refractivity contribution in [2.24, 2.45) is 0 Å². The molecule has 0 spiro atoms. The zero-order chi connectivity index (χ0) is 13.8. The van der Waals surface area contributed by atoms with Gasteiger partial charge in [0.15, 0.2) is 0 Å². The molecule has 1 N–H and O–H groups in total. The van der Waals surface area contributed by atoms with Crippen molar-refractivity contribution >= 4 is 23.0 Å². The quantitative estimate of drug-likeness (QED) is 0.675. The van der Waals surface area contributed by atoms with Crippen LogP contribution in [0.25, 0.3) is 0 Å². The molecule has 0 fully saturated rings. The SMILES string of the molecule is CCn1cncc1CNc1cc(Cl)ccc1[N+](=O)[O-]. The average Bonchev–Trinajstić information content (AvgIpc) is 2.83. The zero-order valence-electron chi connectivity index (χ0n) is 10.3. The molecular formula is C12H13ClN4O2. The van der Waals surface area contributed by atoms with Gasteiger partial charge in [0.1, 0.15) is 5.69 Å². The summed E-state index contributed by atoms with van der Waals surface area (Å²) in [5.74, 6) is 0. The van der Waals surface area contributed by atoms with Crippen LogP contribution in [0.5, 0.6) is 0 Å². The van der Waals surface area contributed by atoms with E-state index in [4.69, 9.17) is 11.6 Å². The Balaban J connectivity index is 2.19. The van der Waals surface area contributed by atoms with Gasteiger partial charge < -0.3 is 9.88 Å². The van der Waals surface area contributed by atoms with Gasteiger partial charge in [-0.1, -0.05) is 11.6 Å². The van der Waals surface area contributed by atoms with Crippen LogP contribution in [0.1, 0.15) is 12.6 Å². The lowest BCUT2D eigenvalue weighted by molar-refractivity contribution is -0.384. The molecule has 0 radical (unpaired) electrons. The molecule has 0 saturated carbocycles. The van der Waals surface area contributed by atoms with Crippen molar-refractivity contribution < 1.29 is 4.92 Å². The number of halogens is 1. The lowest BCUT2D eigenvalue weighted by Gasteiger charge is -2.09. The molecule has 2 aromatic rings. The van der Waals surface area contributed by atoms with Crippen molar-refractivity contribution in [2.75, 3.05) is 5.32 Å². The van der Waals surface area contributed by atoms with Crippen LogP contribution in [0.3, 0.4) is 0 Å². The highest BCUT2D eigenvalue weighted by atomic mass is 35.5. The summed E-state index contributed by atoms with van der Waals surface area (Å²) in [5, 5.41) is 14.4. The van der Waals surface area contributed by atoms with Crippen LogP contribution in [0.2, 0.25) is 5.02 Å². The Labute approximate surface area is 115 Å². The Morgan fingerprint density at radius 3 is 3.00 bits per heavy atom. The van der Waals surface area contributed by atoms with E-state index >= 15 is 0 Å². The number of imidazole rings is 1. The fourth-order valence-electron chi connectivity index (χ4n) is 1.77. The Morgan fingerprint density at radius 1 is 1.53 bits per heavy atom. The molecule has 1 heterocycles. The maximum Gasteiger partial charge on any atom is 0.292 e. The van der Waals surface area contributed by atoms with Gasteiger partial charge in [0, 0.05) is 23.8 Å². The van der Waals surface area contributed by atoms with E-state index in [0.29, 0.717) is 17.3 Å². The summed E-state index contributed by atoms with van der Waals surface area (Å²) < 4.78 is 1.96. The largest absolute Gasteiger partial charge is 0.374 e. The monoisotopic (exact) mass is 280 g/mol. The van der Waals surface area contributed by atoms with Gasteiger partial charge in [0.2, 0.25) is 0 Å². The van der Waals surface area contributed by atoms with E-state index in [2.05, 4.69) is 10.3 Å². The van der Waals surface area contributed by atoms with Crippen molar-refractivity contribution in [2.45, 2.75) is 20.0 Å². The number of rotatable bonds is 5. The Kier molecular flexibility index (Phi) is 4.01. The first-order valence-electron chi connectivity index (χ1n) is 5.78. The molecule has 2 rings (SSSR count). The number of benzene rings is 1. The third-order valence-corrected chi connectivity index (χ3v) is 2.99. The maximum atomic E-state index is 10.9. The highest BCUT2D eigenvalue weighted by Crippen LogP contribution is 2.27. The molecule has 6 nitrogen and oxygen atoms in total. The van der Waals surface area contributed by atoms with E-state index in [1.807, 2.05) is 11.5 Å². The van der Waals surface area contributed by atoms with Gasteiger partial charge in [-0.05, 0) is 19.1 Å². The summed E-state index contributed by atoms with van der Waals surface area (Å²) in [6.45, 7) is 3.26. The summed E-state index contributed by atoms with van der Waals surface area (Å²) in [4.78, 5) is 14.5. The van der Waals surface area contributed by atoms with Crippen LogP contribution in [0.15, 0.2) is 30.7 Å². The summed E-state index contributed by atoms with van der Waals surface area (Å²) in [7, 11) is 0. The lowest BCUT2D eigenvalue weighted by atomic mass is 10.2. The zero-order valence-corrected chi connectivity index (χ0v) is 11.1. The highest BCUT2D eigenvalue weighted by Gasteiger charge is 2.14. The van der Waals surface area contributed by atoms with E-state index in [1.54, 1.807) is 18.6 Å². The van der Waals surface area contributed by atoms with Crippen molar-refractivity contribution in [1.82, 2.24) is 9.55 Å². The topological polar surface area (TPSA) is 73.0 Å². The summed E-state index contributed by atoms with van der Waals surface area (Å²) in [6.07, 6.45) is 3.45. The fourth-order valence-corrected chi connectivity index (χ4v) is 1.95. The van der Waals surface area contributed by atoms with Gasteiger partial charge >= 0.3 is 0 Å². The van der Waals surface area contributed by atoms with Gasteiger partial charge in [-0.3, -0.25) is 10.1 Å². The van der Waals surface area contributed by atoms with E-state index in [-0.39, 0.29) is 5.69 Å². The number of hydrogen-bond donors (Lipinski definition) is 1. The van der Waals surface area contributed by atoms with Crippen LogP contribution in [0, 0.1) is 10.1 Å². The van der Waals surface area contributed by atoms with E-state index < -0.39 is 4.92 Å². The van der Waals surface area contributed by atoms with E-state index in [0.717, 1.165) is 12.2 Å². The molecule has 0 amide bonds. The minimum absolute atomic E-state index is 0.00645. The van der Waals surface area contributed by atoms with Gasteiger partial charge in [-0.25, -0.2) is 4.98 Å². The van der Waals surface area contributed by atoms with Gasteiger partial charge in [-0.2, -0.15) is 0 Å². The predicted octanol–water partition coefficient (Wildman–Crippen LogP) is 3.08.